The number of nitrogens with two attached hydrogens (primary N) is 1. The fraction of sp³-hybridized carbons (Fsp3) is 0.438. The summed E-state index contributed by atoms with van der Waals surface area (Å²) in [7, 11) is 0. The van der Waals surface area contributed by atoms with Crippen molar-refractivity contribution in [3.8, 4) is 0 Å². The van der Waals surface area contributed by atoms with Crippen LogP contribution in [0.15, 0.2) is 24.4 Å². The quantitative estimate of drug-likeness (QED) is 0.868. The second kappa shape index (κ2) is 4.35. The first-order chi connectivity index (χ1) is 9.74. The van der Waals surface area contributed by atoms with E-state index in [-0.39, 0.29) is 12.5 Å². The Morgan fingerprint density at radius 2 is 2.35 bits per heavy atom. The van der Waals surface area contributed by atoms with E-state index in [2.05, 4.69) is 29.7 Å². The summed E-state index contributed by atoms with van der Waals surface area (Å²) < 4.78 is 2.01. The van der Waals surface area contributed by atoms with Gasteiger partial charge in [-0.3, -0.25) is 4.79 Å². The number of fused-ring (bicyclic) bond motifs is 2. The number of nitrogens with zero attached hydrogens (tertiary/aromatic N) is 1. The van der Waals surface area contributed by atoms with E-state index in [4.69, 9.17) is 5.73 Å². The summed E-state index contributed by atoms with van der Waals surface area (Å²) in [5.41, 5.74) is 9.32. The molecule has 4 heteroatoms. The molecule has 0 radical (unpaired) electrons. The molecule has 0 spiro atoms. The highest BCUT2D eigenvalue weighted by Crippen LogP contribution is 2.41. The van der Waals surface area contributed by atoms with Gasteiger partial charge in [0.25, 0.3) is 0 Å². The van der Waals surface area contributed by atoms with Gasteiger partial charge in [0.05, 0.1) is 0 Å². The van der Waals surface area contributed by atoms with Crippen LogP contribution in [0.5, 0.6) is 0 Å². The molecule has 20 heavy (non-hydrogen) atoms. The third-order valence-corrected chi connectivity index (χ3v) is 4.77. The molecule has 4 nitrogen and oxygen atoms in total. The van der Waals surface area contributed by atoms with E-state index in [0.717, 1.165) is 18.5 Å². The van der Waals surface area contributed by atoms with E-state index in [0.29, 0.717) is 12.0 Å². The highest BCUT2D eigenvalue weighted by Gasteiger charge is 2.33. The molecule has 2 aliphatic rings. The van der Waals surface area contributed by atoms with Crippen LogP contribution in [0.2, 0.25) is 0 Å². The molecule has 1 aliphatic carbocycles. The molecule has 1 aromatic heterocycles. The summed E-state index contributed by atoms with van der Waals surface area (Å²) in [5.74, 6) is 0.331. The number of primary amides is 1. The van der Waals surface area contributed by atoms with Gasteiger partial charge in [0.1, 0.15) is 6.54 Å². The Morgan fingerprint density at radius 1 is 1.45 bits per heavy atom. The third-order valence-electron chi connectivity index (χ3n) is 4.77. The number of hydrogen-bond acceptors (Lipinski definition) is 2. The maximum atomic E-state index is 11.3. The lowest BCUT2D eigenvalue weighted by Gasteiger charge is -2.36. The summed E-state index contributed by atoms with van der Waals surface area (Å²) in [6.45, 7) is 1.39. The summed E-state index contributed by atoms with van der Waals surface area (Å²) in [6, 6.07) is 7.01. The first kappa shape index (κ1) is 12.0. The molecule has 4 rings (SSSR count). The van der Waals surface area contributed by atoms with E-state index in [1.807, 2.05) is 4.57 Å². The predicted molar refractivity (Wildman–Crippen MR) is 78.6 cm³/mol. The lowest BCUT2D eigenvalue weighted by molar-refractivity contribution is -0.118. The average molecular weight is 269 g/mol. The second-order valence-electron chi connectivity index (χ2n) is 6.00. The molecular formula is C16H19N3O. The zero-order valence-corrected chi connectivity index (χ0v) is 11.4. The number of nitrogens with one attached hydrogen (secondary N) is 1. The third kappa shape index (κ3) is 1.68. The van der Waals surface area contributed by atoms with Gasteiger partial charge in [-0.05, 0) is 43.0 Å². The van der Waals surface area contributed by atoms with Gasteiger partial charge in [-0.2, -0.15) is 0 Å². The molecule has 1 aliphatic heterocycles. The Kier molecular flexibility index (Phi) is 2.60. The van der Waals surface area contributed by atoms with Crippen LogP contribution in [0.3, 0.4) is 0 Å². The van der Waals surface area contributed by atoms with Crippen molar-refractivity contribution in [1.29, 1.82) is 0 Å². The van der Waals surface area contributed by atoms with Crippen LogP contribution in [-0.4, -0.2) is 23.1 Å². The molecule has 104 valence electrons. The number of amides is 1. The first-order valence-corrected chi connectivity index (χ1v) is 7.36. The average Bonchev–Trinajstić information content (AvgIpc) is 2.78. The van der Waals surface area contributed by atoms with Crippen molar-refractivity contribution in [2.75, 3.05) is 6.54 Å². The Morgan fingerprint density at radius 3 is 3.20 bits per heavy atom. The number of hydrogen-bond donors (Lipinski definition) is 2. The molecule has 1 fully saturated rings. The van der Waals surface area contributed by atoms with Crippen molar-refractivity contribution in [3.05, 3.63) is 35.5 Å². The van der Waals surface area contributed by atoms with Crippen LogP contribution in [-0.2, 0) is 17.8 Å². The standard InChI is InChI=1S/C16H19N3O/c17-15(20)9-19-8-10-7-13-11(4-2-6-18-13)12-3-1-5-14(19)16(10)12/h1,3,5,8,11,13,18H,2,4,6-7,9H2,(H2,17,20)/t11?,13-/m1/s1. The van der Waals surface area contributed by atoms with Gasteiger partial charge in [0.2, 0.25) is 5.91 Å². The van der Waals surface area contributed by atoms with Crippen molar-refractivity contribution < 1.29 is 4.79 Å². The zero-order valence-electron chi connectivity index (χ0n) is 11.4. The van der Waals surface area contributed by atoms with Crippen LogP contribution in [0.4, 0.5) is 0 Å². The van der Waals surface area contributed by atoms with E-state index >= 15 is 0 Å². The lowest BCUT2D eigenvalue weighted by Crippen LogP contribution is -2.43. The minimum atomic E-state index is -0.284. The van der Waals surface area contributed by atoms with Crippen LogP contribution >= 0.6 is 0 Å². The Hall–Kier alpha value is -1.81. The van der Waals surface area contributed by atoms with Gasteiger partial charge in [0, 0.05) is 29.1 Å². The second-order valence-corrected chi connectivity index (χ2v) is 6.00. The predicted octanol–water partition coefficient (Wildman–Crippen LogP) is 1.52. The van der Waals surface area contributed by atoms with Crippen LogP contribution in [0.1, 0.15) is 29.9 Å². The Labute approximate surface area is 117 Å². The molecule has 2 aromatic rings. The van der Waals surface area contributed by atoms with E-state index < -0.39 is 0 Å². The monoisotopic (exact) mass is 269 g/mol. The van der Waals surface area contributed by atoms with Crippen LogP contribution in [0, 0.1) is 0 Å². The van der Waals surface area contributed by atoms with Gasteiger partial charge in [-0.1, -0.05) is 12.1 Å². The highest BCUT2D eigenvalue weighted by atomic mass is 16.1. The molecule has 3 N–H and O–H groups in total. The first-order valence-electron chi connectivity index (χ1n) is 7.36. The molecule has 1 unspecified atom stereocenters. The topological polar surface area (TPSA) is 60.1 Å². The number of aromatic nitrogens is 1. The lowest BCUT2D eigenvalue weighted by atomic mass is 9.76. The summed E-state index contributed by atoms with van der Waals surface area (Å²) >= 11 is 0. The highest BCUT2D eigenvalue weighted by molar-refractivity contribution is 5.90. The van der Waals surface area contributed by atoms with Crippen molar-refractivity contribution in [1.82, 2.24) is 9.88 Å². The number of rotatable bonds is 2. The number of carbonyl (C=O) groups excluding carboxylic acids is 1. The van der Waals surface area contributed by atoms with E-state index in [1.54, 1.807) is 0 Å². The summed E-state index contributed by atoms with van der Waals surface area (Å²) in [5, 5.41) is 5.01. The van der Waals surface area contributed by atoms with Crippen LogP contribution < -0.4 is 11.1 Å². The maximum Gasteiger partial charge on any atom is 0.237 e. The molecule has 1 amide bonds. The van der Waals surface area contributed by atoms with Gasteiger partial charge in [-0.15, -0.1) is 0 Å². The van der Waals surface area contributed by atoms with E-state index in [9.17, 15) is 4.79 Å². The number of benzene rings is 1. The minimum Gasteiger partial charge on any atom is -0.368 e. The van der Waals surface area contributed by atoms with Crippen molar-refractivity contribution in [2.45, 2.75) is 37.8 Å². The normalized spacial score (nSPS) is 24.6. The largest absolute Gasteiger partial charge is 0.368 e. The maximum absolute atomic E-state index is 11.3. The Bertz CT molecular complexity index is 688. The molecule has 0 bridgehead atoms. The summed E-state index contributed by atoms with van der Waals surface area (Å²) in [4.78, 5) is 11.3. The molecule has 1 aromatic carbocycles. The zero-order chi connectivity index (χ0) is 13.7. The fourth-order valence-corrected chi connectivity index (χ4v) is 4.01. The Balaban J connectivity index is 1.90. The molecule has 2 atom stereocenters. The van der Waals surface area contributed by atoms with Crippen LogP contribution in [0.25, 0.3) is 10.9 Å². The van der Waals surface area contributed by atoms with Gasteiger partial charge >= 0.3 is 0 Å². The van der Waals surface area contributed by atoms with Crippen molar-refractivity contribution >= 4 is 16.8 Å². The SMILES string of the molecule is NC(=O)Cn1cc2c3c(cccc31)C1CCCN[C@@H]1C2. The van der Waals surface area contributed by atoms with Gasteiger partial charge < -0.3 is 15.6 Å². The smallest absolute Gasteiger partial charge is 0.237 e. The van der Waals surface area contributed by atoms with Crippen molar-refractivity contribution in [2.24, 2.45) is 5.73 Å². The fourth-order valence-electron chi connectivity index (χ4n) is 4.01. The van der Waals surface area contributed by atoms with Crippen molar-refractivity contribution in [3.63, 3.8) is 0 Å². The molecule has 2 heterocycles. The van der Waals surface area contributed by atoms with Gasteiger partial charge in [-0.25, -0.2) is 0 Å². The minimum absolute atomic E-state index is 0.267. The molecule has 0 saturated carbocycles. The van der Waals surface area contributed by atoms with E-state index in [1.165, 1.54) is 29.4 Å². The van der Waals surface area contributed by atoms with Gasteiger partial charge in [0.15, 0.2) is 0 Å². The molecule has 1 saturated heterocycles. The number of carbonyl (C=O) groups is 1. The number of piperidine rings is 1. The summed E-state index contributed by atoms with van der Waals surface area (Å²) in [6.07, 6.45) is 5.68. The molecular weight excluding hydrogens is 250 g/mol.